The number of Topliss-reactive ketones (excluding diaryl/α,β-unsaturated/α-hetero) is 1. The Morgan fingerprint density at radius 3 is 2.75 bits per heavy atom. The summed E-state index contributed by atoms with van der Waals surface area (Å²) >= 11 is 0. The normalized spacial score (nSPS) is 22.9. The van der Waals surface area contributed by atoms with Crippen molar-refractivity contribution in [3.05, 3.63) is 0 Å². The van der Waals surface area contributed by atoms with E-state index < -0.39 is 0 Å². The zero-order chi connectivity index (χ0) is 9.14. The van der Waals surface area contributed by atoms with Gasteiger partial charge in [-0.3, -0.25) is 9.59 Å². The largest absolute Gasteiger partial charge is 0.356 e. The quantitative estimate of drug-likeness (QED) is 0.677. The lowest BCUT2D eigenvalue weighted by Gasteiger charge is -2.07. The van der Waals surface area contributed by atoms with Crippen LogP contribution in [0.5, 0.6) is 0 Å². The third-order valence-corrected chi connectivity index (χ3v) is 2.20. The first kappa shape index (κ1) is 9.23. The number of nitrogens with one attached hydrogen (secondary N) is 1. The van der Waals surface area contributed by atoms with Gasteiger partial charge in [0.05, 0.1) is 0 Å². The molecule has 1 heterocycles. The molecule has 0 spiro atoms. The van der Waals surface area contributed by atoms with E-state index >= 15 is 0 Å². The Labute approximate surface area is 72.5 Å². The van der Waals surface area contributed by atoms with E-state index in [1.165, 1.54) is 0 Å². The summed E-state index contributed by atoms with van der Waals surface area (Å²) in [4.78, 5) is 22.0. The number of amides is 1. The van der Waals surface area contributed by atoms with Gasteiger partial charge in [0.25, 0.3) is 0 Å². The van der Waals surface area contributed by atoms with Gasteiger partial charge in [0.2, 0.25) is 5.91 Å². The van der Waals surface area contributed by atoms with Crippen molar-refractivity contribution in [1.82, 2.24) is 5.32 Å². The van der Waals surface area contributed by atoms with Gasteiger partial charge in [0, 0.05) is 25.3 Å². The van der Waals surface area contributed by atoms with Crippen molar-refractivity contribution < 1.29 is 9.59 Å². The standard InChI is InChI=1S/C9H15NO2/c1-6(2)8(11)3-7-4-9(12)10-5-7/h6-7H,3-5H2,1-2H3,(H,10,12)/t7-/m1/s1. The first-order valence-electron chi connectivity index (χ1n) is 4.39. The van der Waals surface area contributed by atoms with Crippen molar-refractivity contribution in [1.29, 1.82) is 0 Å². The lowest BCUT2D eigenvalue weighted by atomic mass is 9.96. The van der Waals surface area contributed by atoms with Crippen LogP contribution in [0, 0.1) is 11.8 Å². The fraction of sp³-hybridized carbons (Fsp3) is 0.778. The summed E-state index contributed by atoms with van der Waals surface area (Å²) in [6, 6.07) is 0. The molecule has 1 fully saturated rings. The van der Waals surface area contributed by atoms with E-state index in [1.807, 2.05) is 13.8 Å². The SMILES string of the molecule is CC(C)C(=O)C[C@H]1CNC(=O)C1. The minimum Gasteiger partial charge on any atom is -0.356 e. The maximum Gasteiger partial charge on any atom is 0.220 e. The highest BCUT2D eigenvalue weighted by Crippen LogP contribution is 2.15. The second kappa shape index (κ2) is 3.70. The summed E-state index contributed by atoms with van der Waals surface area (Å²) in [5.41, 5.74) is 0. The molecule has 3 nitrogen and oxygen atoms in total. The molecule has 68 valence electrons. The van der Waals surface area contributed by atoms with Crippen LogP contribution in [0.2, 0.25) is 0 Å². The summed E-state index contributed by atoms with van der Waals surface area (Å²) in [5, 5.41) is 2.72. The summed E-state index contributed by atoms with van der Waals surface area (Å²) in [6.45, 7) is 4.47. The number of ketones is 1. The van der Waals surface area contributed by atoms with Crippen LogP contribution in [-0.4, -0.2) is 18.2 Å². The molecule has 1 saturated heterocycles. The third-order valence-electron chi connectivity index (χ3n) is 2.20. The molecule has 1 rings (SSSR count). The molecule has 0 radical (unpaired) electrons. The third kappa shape index (κ3) is 2.32. The predicted molar refractivity (Wildman–Crippen MR) is 45.6 cm³/mol. The van der Waals surface area contributed by atoms with Gasteiger partial charge in [-0.2, -0.15) is 0 Å². The highest BCUT2D eigenvalue weighted by atomic mass is 16.2. The number of hydrogen-bond acceptors (Lipinski definition) is 2. The molecule has 1 N–H and O–H groups in total. The van der Waals surface area contributed by atoms with Crippen molar-refractivity contribution >= 4 is 11.7 Å². The average molecular weight is 169 g/mol. The summed E-state index contributed by atoms with van der Waals surface area (Å²) in [7, 11) is 0. The van der Waals surface area contributed by atoms with E-state index in [-0.39, 0.29) is 23.5 Å². The first-order chi connectivity index (χ1) is 5.59. The van der Waals surface area contributed by atoms with Crippen molar-refractivity contribution in [3.63, 3.8) is 0 Å². The Morgan fingerprint density at radius 2 is 2.33 bits per heavy atom. The number of rotatable bonds is 3. The Morgan fingerprint density at radius 1 is 1.67 bits per heavy atom. The van der Waals surface area contributed by atoms with Gasteiger partial charge in [-0.1, -0.05) is 13.8 Å². The first-order valence-corrected chi connectivity index (χ1v) is 4.39. The maximum absolute atomic E-state index is 11.3. The van der Waals surface area contributed by atoms with Crippen LogP contribution in [0.15, 0.2) is 0 Å². The van der Waals surface area contributed by atoms with E-state index in [9.17, 15) is 9.59 Å². The smallest absolute Gasteiger partial charge is 0.220 e. The lowest BCUT2D eigenvalue weighted by molar-refractivity contribution is -0.122. The molecule has 12 heavy (non-hydrogen) atoms. The molecule has 0 aromatic heterocycles. The molecule has 1 amide bonds. The Bertz CT molecular complexity index is 199. The molecule has 0 aromatic carbocycles. The fourth-order valence-corrected chi connectivity index (χ4v) is 1.33. The Kier molecular flexibility index (Phi) is 2.84. The predicted octanol–water partition coefficient (Wildman–Crippen LogP) is 0.738. The Hall–Kier alpha value is -0.860. The highest BCUT2D eigenvalue weighted by Gasteiger charge is 2.24. The van der Waals surface area contributed by atoms with Gasteiger partial charge in [-0.05, 0) is 5.92 Å². The van der Waals surface area contributed by atoms with Crippen molar-refractivity contribution in [2.75, 3.05) is 6.54 Å². The maximum atomic E-state index is 11.3. The van der Waals surface area contributed by atoms with Crippen molar-refractivity contribution in [2.24, 2.45) is 11.8 Å². The zero-order valence-electron chi connectivity index (χ0n) is 7.59. The van der Waals surface area contributed by atoms with Gasteiger partial charge in [-0.15, -0.1) is 0 Å². The van der Waals surface area contributed by atoms with Crippen LogP contribution in [0.25, 0.3) is 0 Å². The van der Waals surface area contributed by atoms with E-state index in [0.29, 0.717) is 19.4 Å². The fourth-order valence-electron chi connectivity index (χ4n) is 1.33. The number of carbonyl (C=O) groups excluding carboxylic acids is 2. The van der Waals surface area contributed by atoms with Crippen LogP contribution >= 0.6 is 0 Å². The second-order valence-corrected chi connectivity index (χ2v) is 3.70. The molecule has 0 aromatic rings. The molecular formula is C9H15NO2. The van der Waals surface area contributed by atoms with Gasteiger partial charge >= 0.3 is 0 Å². The molecular weight excluding hydrogens is 154 g/mol. The van der Waals surface area contributed by atoms with Crippen LogP contribution in [0.4, 0.5) is 0 Å². The van der Waals surface area contributed by atoms with Crippen LogP contribution < -0.4 is 5.32 Å². The van der Waals surface area contributed by atoms with E-state index in [0.717, 1.165) is 0 Å². The van der Waals surface area contributed by atoms with E-state index in [4.69, 9.17) is 0 Å². The molecule has 0 aliphatic carbocycles. The van der Waals surface area contributed by atoms with Crippen molar-refractivity contribution in [3.8, 4) is 0 Å². The molecule has 3 heteroatoms. The zero-order valence-corrected chi connectivity index (χ0v) is 7.59. The lowest BCUT2D eigenvalue weighted by Crippen LogP contribution is -2.16. The second-order valence-electron chi connectivity index (χ2n) is 3.70. The molecule has 1 atom stereocenters. The number of carbonyl (C=O) groups is 2. The molecule has 1 aliphatic rings. The van der Waals surface area contributed by atoms with Gasteiger partial charge < -0.3 is 5.32 Å². The summed E-state index contributed by atoms with van der Waals surface area (Å²) in [5.74, 6) is 0.682. The summed E-state index contributed by atoms with van der Waals surface area (Å²) in [6.07, 6.45) is 1.08. The monoisotopic (exact) mass is 169 g/mol. The molecule has 0 bridgehead atoms. The van der Waals surface area contributed by atoms with Gasteiger partial charge in [-0.25, -0.2) is 0 Å². The van der Waals surface area contributed by atoms with Crippen LogP contribution in [0.3, 0.4) is 0 Å². The van der Waals surface area contributed by atoms with Crippen molar-refractivity contribution in [2.45, 2.75) is 26.7 Å². The highest BCUT2D eigenvalue weighted by molar-refractivity contribution is 5.83. The average Bonchev–Trinajstić information content (AvgIpc) is 2.35. The number of hydrogen-bond donors (Lipinski definition) is 1. The summed E-state index contributed by atoms with van der Waals surface area (Å²) < 4.78 is 0. The Balaban J connectivity index is 2.32. The minimum absolute atomic E-state index is 0.0801. The van der Waals surface area contributed by atoms with Crippen LogP contribution in [-0.2, 0) is 9.59 Å². The molecule has 1 aliphatic heterocycles. The topological polar surface area (TPSA) is 46.2 Å². The van der Waals surface area contributed by atoms with E-state index in [2.05, 4.69) is 5.32 Å². The van der Waals surface area contributed by atoms with Gasteiger partial charge in [0.1, 0.15) is 5.78 Å². The van der Waals surface area contributed by atoms with Gasteiger partial charge in [0.15, 0.2) is 0 Å². The molecule has 0 saturated carbocycles. The van der Waals surface area contributed by atoms with E-state index in [1.54, 1.807) is 0 Å². The molecule has 0 unspecified atom stereocenters. The minimum atomic E-state index is 0.0801. The van der Waals surface area contributed by atoms with Crippen LogP contribution in [0.1, 0.15) is 26.7 Å².